The lowest BCUT2D eigenvalue weighted by Crippen LogP contribution is -2.29. The number of allylic oxidation sites excluding steroid dienone is 12. The molecule has 0 amide bonds. The second kappa shape index (κ2) is 36.7. The number of carbonyl (C=O) groups excluding carboxylic acids is 2. The van der Waals surface area contributed by atoms with Gasteiger partial charge in [-0.05, 0) is 64.2 Å². The maximum Gasteiger partial charge on any atom is 0.469 e. The molecule has 12 heteroatoms. The van der Waals surface area contributed by atoms with Crippen molar-refractivity contribution >= 4 is 19.8 Å². The highest BCUT2D eigenvalue weighted by Crippen LogP contribution is 2.36. The molecular formula is C43H71O11P. The van der Waals surface area contributed by atoms with Crippen molar-refractivity contribution in [3.05, 3.63) is 85.1 Å². The molecule has 314 valence electrons. The van der Waals surface area contributed by atoms with Gasteiger partial charge in [-0.1, -0.05) is 144 Å². The third-order valence-corrected chi connectivity index (χ3v) is 8.74. The maximum absolute atomic E-state index is 12.4. The van der Waals surface area contributed by atoms with Gasteiger partial charge in [-0.15, -0.1) is 0 Å². The minimum atomic E-state index is -4.85. The van der Waals surface area contributed by atoms with E-state index in [1.54, 1.807) is 42.5 Å². The van der Waals surface area contributed by atoms with Crippen LogP contribution in [-0.4, -0.2) is 74.7 Å². The number of hydrogen-bond donors (Lipinski definition) is 5. The van der Waals surface area contributed by atoms with Crippen LogP contribution in [-0.2, 0) is 28.2 Å². The Balaban J connectivity index is 4.34. The lowest BCUT2D eigenvalue weighted by molar-refractivity contribution is -0.161. The lowest BCUT2D eigenvalue weighted by atomic mass is 10.1. The van der Waals surface area contributed by atoms with Crippen LogP contribution in [0.2, 0.25) is 0 Å². The second-order valence-electron chi connectivity index (χ2n) is 13.5. The summed E-state index contributed by atoms with van der Waals surface area (Å²) in [6.45, 7) is 3.22. The SMILES string of the molecule is CCCCC/C=C\C/C=C\C/C=C\CCCCCCC(=O)O[C@H](COC(=O)CCC[C@@H](O)[C@H](O)/C=C/C=C/C=C\C=C\[C@H](O)CCCCC)COP(=O)(O)O. The largest absolute Gasteiger partial charge is 0.469 e. The van der Waals surface area contributed by atoms with Crippen LogP contribution in [0.5, 0.6) is 0 Å². The number of unbranched alkanes of at least 4 members (excludes halogenated alkanes) is 9. The van der Waals surface area contributed by atoms with Crippen LogP contribution in [0.4, 0.5) is 0 Å². The van der Waals surface area contributed by atoms with Crippen LogP contribution < -0.4 is 0 Å². The fourth-order valence-corrected chi connectivity index (χ4v) is 5.42. The number of phosphoric ester groups is 1. The third kappa shape index (κ3) is 37.8. The van der Waals surface area contributed by atoms with E-state index in [4.69, 9.17) is 19.3 Å². The summed E-state index contributed by atoms with van der Waals surface area (Å²) in [5.74, 6) is -1.25. The summed E-state index contributed by atoms with van der Waals surface area (Å²) < 4.78 is 26.1. The van der Waals surface area contributed by atoms with E-state index in [0.717, 1.165) is 70.6 Å². The summed E-state index contributed by atoms with van der Waals surface area (Å²) in [5, 5.41) is 30.3. The van der Waals surface area contributed by atoms with Crippen LogP contribution in [0.3, 0.4) is 0 Å². The Bertz CT molecular complexity index is 1210. The molecule has 11 nitrogen and oxygen atoms in total. The van der Waals surface area contributed by atoms with Crippen molar-refractivity contribution in [3.8, 4) is 0 Å². The molecule has 0 aromatic heterocycles. The van der Waals surface area contributed by atoms with Crippen molar-refractivity contribution in [1.82, 2.24) is 0 Å². The van der Waals surface area contributed by atoms with Crippen LogP contribution >= 0.6 is 7.82 Å². The summed E-state index contributed by atoms with van der Waals surface area (Å²) in [7, 11) is -4.85. The topological polar surface area (TPSA) is 180 Å². The number of aliphatic hydroxyl groups is 3. The number of phosphoric acid groups is 1. The van der Waals surface area contributed by atoms with Gasteiger partial charge in [-0.2, -0.15) is 0 Å². The number of ether oxygens (including phenoxy) is 2. The number of aliphatic hydroxyl groups excluding tert-OH is 3. The van der Waals surface area contributed by atoms with Crippen molar-refractivity contribution in [2.24, 2.45) is 0 Å². The summed E-state index contributed by atoms with van der Waals surface area (Å²) in [5.41, 5.74) is 0. The molecule has 0 aromatic carbocycles. The van der Waals surface area contributed by atoms with Gasteiger partial charge in [-0.25, -0.2) is 4.57 Å². The Morgan fingerprint density at radius 3 is 1.78 bits per heavy atom. The molecule has 0 saturated carbocycles. The third-order valence-electron chi connectivity index (χ3n) is 8.25. The van der Waals surface area contributed by atoms with E-state index in [2.05, 4.69) is 54.8 Å². The lowest BCUT2D eigenvalue weighted by Gasteiger charge is -2.18. The zero-order valence-electron chi connectivity index (χ0n) is 33.4. The maximum atomic E-state index is 12.4. The van der Waals surface area contributed by atoms with E-state index in [1.807, 2.05) is 0 Å². The van der Waals surface area contributed by atoms with E-state index >= 15 is 0 Å². The Kier molecular flexibility index (Phi) is 34.8. The monoisotopic (exact) mass is 794 g/mol. The highest BCUT2D eigenvalue weighted by atomic mass is 31.2. The number of rotatable bonds is 35. The van der Waals surface area contributed by atoms with Crippen molar-refractivity contribution in [3.63, 3.8) is 0 Å². The molecule has 0 aromatic rings. The number of carbonyl (C=O) groups is 2. The van der Waals surface area contributed by atoms with Gasteiger partial charge in [0, 0.05) is 12.8 Å². The van der Waals surface area contributed by atoms with Crippen LogP contribution in [0, 0.1) is 0 Å². The molecule has 0 heterocycles. The van der Waals surface area contributed by atoms with Gasteiger partial charge < -0.3 is 34.6 Å². The number of esters is 2. The average Bonchev–Trinajstić information content (AvgIpc) is 3.14. The Labute approximate surface area is 330 Å². The molecule has 0 saturated heterocycles. The van der Waals surface area contributed by atoms with Gasteiger partial charge in [0.15, 0.2) is 6.10 Å². The van der Waals surface area contributed by atoms with E-state index in [0.29, 0.717) is 6.42 Å². The molecule has 0 aliphatic rings. The predicted molar refractivity (Wildman–Crippen MR) is 220 cm³/mol. The smallest absolute Gasteiger partial charge is 0.462 e. The highest BCUT2D eigenvalue weighted by Gasteiger charge is 2.23. The van der Waals surface area contributed by atoms with Crippen molar-refractivity contribution in [1.29, 1.82) is 0 Å². The first-order chi connectivity index (χ1) is 26.5. The summed E-state index contributed by atoms with van der Waals surface area (Å²) in [6.07, 6.45) is 38.1. The molecule has 0 unspecified atom stereocenters. The molecule has 0 rings (SSSR count). The normalized spacial score (nSPS) is 15.1. The van der Waals surface area contributed by atoms with E-state index in [9.17, 15) is 29.5 Å². The van der Waals surface area contributed by atoms with Crippen LogP contribution in [0.1, 0.15) is 136 Å². The summed E-state index contributed by atoms with van der Waals surface area (Å²) in [4.78, 5) is 42.8. The molecule has 4 atom stereocenters. The molecule has 0 aliphatic carbocycles. The molecule has 0 aliphatic heterocycles. The summed E-state index contributed by atoms with van der Waals surface area (Å²) in [6, 6.07) is 0. The first-order valence-corrected chi connectivity index (χ1v) is 21.7. The number of hydrogen-bond acceptors (Lipinski definition) is 9. The molecule has 0 bridgehead atoms. The standard InChI is InChI=1S/C43H71O11P/c1-3-5-7-8-9-10-11-12-13-14-15-16-17-18-19-24-28-34-43(48)54-39(37-53-55(49,50)51)36-52-42(47)35-29-33-41(46)40(45)32-27-23-21-20-22-26-31-38(44)30-25-6-4-2/h9-10,12-13,15-16,20-23,26-27,31-32,38-41,44-46H,3-8,11,14,17-19,24-25,28-30,33-37H2,1-2H3,(H2,49,50,51)/b10-9-,13-12-,16-15-,22-20-,23-21+,31-26+,32-27+/t38-,39-,40-,41-/m1/s1. The van der Waals surface area contributed by atoms with Crippen molar-refractivity contribution in [2.75, 3.05) is 13.2 Å². The van der Waals surface area contributed by atoms with Gasteiger partial charge in [0.25, 0.3) is 0 Å². The van der Waals surface area contributed by atoms with Gasteiger partial charge in [0.05, 0.1) is 24.9 Å². The second-order valence-corrected chi connectivity index (χ2v) is 14.7. The highest BCUT2D eigenvalue weighted by molar-refractivity contribution is 7.46. The first-order valence-electron chi connectivity index (χ1n) is 20.2. The predicted octanol–water partition coefficient (Wildman–Crippen LogP) is 8.98. The zero-order valence-corrected chi connectivity index (χ0v) is 34.3. The van der Waals surface area contributed by atoms with Gasteiger partial charge in [0.2, 0.25) is 0 Å². The molecule has 0 fully saturated rings. The van der Waals surface area contributed by atoms with Crippen LogP contribution in [0.15, 0.2) is 85.1 Å². The fraction of sp³-hybridized carbons (Fsp3) is 0.628. The first kappa shape index (κ1) is 52.1. The molecule has 0 spiro atoms. The summed E-state index contributed by atoms with van der Waals surface area (Å²) >= 11 is 0. The van der Waals surface area contributed by atoms with Gasteiger partial charge >= 0.3 is 19.8 Å². The van der Waals surface area contributed by atoms with E-state index in [1.165, 1.54) is 25.3 Å². The average molecular weight is 795 g/mol. The Morgan fingerprint density at radius 2 is 1.15 bits per heavy atom. The van der Waals surface area contributed by atoms with Gasteiger partial charge in [-0.3, -0.25) is 14.1 Å². The van der Waals surface area contributed by atoms with Crippen LogP contribution in [0.25, 0.3) is 0 Å². The minimum absolute atomic E-state index is 0.0955. The van der Waals surface area contributed by atoms with Crippen molar-refractivity contribution in [2.45, 2.75) is 160 Å². The molecule has 0 radical (unpaired) electrons. The molecular weight excluding hydrogens is 723 g/mol. The molecule has 55 heavy (non-hydrogen) atoms. The van der Waals surface area contributed by atoms with Gasteiger partial charge in [0.1, 0.15) is 6.61 Å². The minimum Gasteiger partial charge on any atom is -0.462 e. The fourth-order valence-electron chi connectivity index (χ4n) is 5.06. The quantitative estimate of drug-likeness (QED) is 0.0136. The Hall–Kier alpha value is -2.89. The zero-order chi connectivity index (χ0) is 40.8. The van der Waals surface area contributed by atoms with E-state index in [-0.39, 0.29) is 25.7 Å². The van der Waals surface area contributed by atoms with E-state index < -0.39 is 57.4 Å². The van der Waals surface area contributed by atoms with Crippen molar-refractivity contribution < 1.29 is 53.3 Å². The molecule has 5 N–H and O–H groups in total. The Morgan fingerprint density at radius 1 is 0.600 bits per heavy atom.